The van der Waals surface area contributed by atoms with Gasteiger partial charge in [0.05, 0.1) is 13.1 Å². The number of carbonyl (C=O) groups is 2. The minimum absolute atomic E-state index is 0.0773. The number of halogens is 1. The second-order valence-corrected chi connectivity index (χ2v) is 5.90. The lowest BCUT2D eigenvalue weighted by atomic mass is 9.97. The first-order valence-corrected chi connectivity index (χ1v) is 7.73. The molecule has 1 aliphatic rings. The van der Waals surface area contributed by atoms with Gasteiger partial charge in [0.25, 0.3) is 0 Å². The highest BCUT2D eigenvalue weighted by atomic mass is 79.9. The molecule has 1 rings (SSSR count). The van der Waals surface area contributed by atoms with Gasteiger partial charge in [-0.2, -0.15) is 0 Å². The number of carbonyl (C=O) groups excluding carboxylic acids is 2. The van der Waals surface area contributed by atoms with Crippen molar-refractivity contribution in [1.82, 2.24) is 9.80 Å². The quantitative estimate of drug-likeness (QED) is 0.700. The molecule has 0 aliphatic carbocycles. The molecule has 4 nitrogen and oxygen atoms in total. The summed E-state index contributed by atoms with van der Waals surface area (Å²) in [6, 6.07) is 0. The molecule has 0 aromatic carbocycles. The molecule has 18 heavy (non-hydrogen) atoms. The van der Waals surface area contributed by atoms with E-state index in [0.29, 0.717) is 24.9 Å². The maximum Gasteiger partial charge on any atom is 0.242 e. The lowest BCUT2D eigenvalue weighted by Gasteiger charge is -2.36. The summed E-state index contributed by atoms with van der Waals surface area (Å²) in [4.78, 5) is 27.3. The fraction of sp³-hybridized carbons (Fsp3) is 0.846. The fourth-order valence-electron chi connectivity index (χ4n) is 2.06. The molecule has 0 aromatic rings. The van der Waals surface area contributed by atoms with Gasteiger partial charge in [-0.3, -0.25) is 9.59 Å². The molecule has 0 spiro atoms. The first kappa shape index (κ1) is 15.5. The van der Waals surface area contributed by atoms with E-state index in [-0.39, 0.29) is 24.9 Å². The molecular formula is C13H23BrN2O2. The molecule has 5 heteroatoms. The highest BCUT2D eigenvalue weighted by molar-refractivity contribution is 9.09. The van der Waals surface area contributed by atoms with Gasteiger partial charge in [0.2, 0.25) is 11.8 Å². The summed E-state index contributed by atoms with van der Waals surface area (Å²) in [7, 11) is 0. The lowest BCUT2D eigenvalue weighted by molar-refractivity contribution is -0.150. The van der Waals surface area contributed by atoms with Crippen LogP contribution in [0.2, 0.25) is 0 Å². The third kappa shape index (κ3) is 3.97. The summed E-state index contributed by atoms with van der Waals surface area (Å²) in [5.41, 5.74) is 0. The van der Waals surface area contributed by atoms with Crippen LogP contribution in [0.1, 0.15) is 27.2 Å². The molecule has 1 heterocycles. The normalized spacial score (nSPS) is 18.7. The van der Waals surface area contributed by atoms with Crippen molar-refractivity contribution in [2.45, 2.75) is 27.2 Å². The first-order chi connectivity index (χ1) is 8.49. The van der Waals surface area contributed by atoms with Crippen LogP contribution >= 0.6 is 15.9 Å². The zero-order valence-electron chi connectivity index (χ0n) is 11.5. The third-order valence-electron chi connectivity index (χ3n) is 3.45. The Labute approximate surface area is 118 Å². The Kier molecular flexibility index (Phi) is 6.12. The van der Waals surface area contributed by atoms with Gasteiger partial charge in [0, 0.05) is 18.4 Å². The van der Waals surface area contributed by atoms with Gasteiger partial charge < -0.3 is 9.80 Å². The number of piperazine rings is 1. The van der Waals surface area contributed by atoms with Gasteiger partial charge in [-0.25, -0.2) is 0 Å². The van der Waals surface area contributed by atoms with Crippen molar-refractivity contribution in [3.8, 4) is 0 Å². The van der Waals surface area contributed by atoms with Crippen LogP contribution < -0.4 is 0 Å². The van der Waals surface area contributed by atoms with E-state index in [0.717, 1.165) is 11.8 Å². The van der Waals surface area contributed by atoms with Gasteiger partial charge >= 0.3 is 0 Å². The number of hydrogen-bond donors (Lipinski definition) is 0. The summed E-state index contributed by atoms with van der Waals surface area (Å²) in [6.07, 6.45) is 0.898. The number of nitrogens with zero attached hydrogens (tertiary/aromatic N) is 2. The summed E-state index contributed by atoms with van der Waals surface area (Å²) in [6.45, 7) is 8.16. The second-order valence-electron chi connectivity index (χ2n) is 5.25. The molecule has 0 aromatic heterocycles. The molecule has 1 aliphatic heterocycles. The number of amides is 2. The second kappa shape index (κ2) is 7.12. The maximum atomic E-state index is 12.0. The van der Waals surface area contributed by atoms with Crippen LogP contribution in [0, 0.1) is 11.8 Å². The minimum Gasteiger partial charge on any atom is -0.332 e. The predicted molar refractivity (Wildman–Crippen MR) is 75.6 cm³/mol. The van der Waals surface area contributed by atoms with E-state index in [1.807, 2.05) is 6.92 Å². The van der Waals surface area contributed by atoms with E-state index in [4.69, 9.17) is 0 Å². The highest BCUT2D eigenvalue weighted by Crippen LogP contribution is 2.17. The molecule has 104 valence electrons. The summed E-state index contributed by atoms with van der Waals surface area (Å²) in [5.74, 6) is 1.06. The molecule has 1 fully saturated rings. The molecule has 2 amide bonds. The predicted octanol–water partition coefficient (Wildman–Crippen LogP) is 1.73. The first-order valence-electron chi connectivity index (χ1n) is 6.61. The Hall–Kier alpha value is -0.580. The van der Waals surface area contributed by atoms with Crippen molar-refractivity contribution in [2.75, 3.05) is 31.5 Å². The molecule has 1 saturated heterocycles. The molecular weight excluding hydrogens is 296 g/mol. The van der Waals surface area contributed by atoms with Gasteiger partial charge in [0.1, 0.15) is 0 Å². The van der Waals surface area contributed by atoms with Crippen molar-refractivity contribution in [3.05, 3.63) is 0 Å². The fourth-order valence-corrected chi connectivity index (χ4v) is 3.02. The Morgan fingerprint density at radius 1 is 1.17 bits per heavy atom. The average molecular weight is 319 g/mol. The smallest absolute Gasteiger partial charge is 0.242 e. The number of alkyl halides is 1. The Balaban J connectivity index is 2.59. The number of hydrogen-bond acceptors (Lipinski definition) is 2. The molecule has 0 radical (unpaired) electrons. The molecule has 0 N–H and O–H groups in total. The Morgan fingerprint density at radius 3 is 2.22 bits per heavy atom. The van der Waals surface area contributed by atoms with Crippen LogP contribution in [-0.2, 0) is 9.59 Å². The van der Waals surface area contributed by atoms with E-state index in [2.05, 4.69) is 29.8 Å². The topological polar surface area (TPSA) is 40.6 Å². The van der Waals surface area contributed by atoms with Crippen LogP contribution in [0.5, 0.6) is 0 Å². The van der Waals surface area contributed by atoms with E-state index >= 15 is 0 Å². The zero-order chi connectivity index (χ0) is 13.7. The summed E-state index contributed by atoms with van der Waals surface area (Å²) >= 11 is 3.48. The third-order valence-corrected chi connectivity index (χ3v) is 4.28. The summed E-state index contributed by atoms with van der Waals surface area (Å²) < 4.78 is 0. The van der Waals surface area contributed by atoms with E-state index in [1.165, 1.54) is 0 Å². The molecule has 1 unspecified atom stereocenters. The van der Waals surface area contributed by atoms with Crippen LogP contribution in [0.25, 0.3) is 0 Å². The lowest BCUT2D eigenvalue weighted by Crippen LogP contribution is -2.55. The molecule has 0 bridgehead atoms. The SMILES string of the molecule is CCCN1CC(=O)N(CC(CBr)C(C)C)CC1=O. The Bertz CT molecular complexity index is 307. The van der Waals surface area contributed by atoms with Gasteiger partial charge in [-0.05, 0) is 18.3 Å². The average Bonchev–Trinajstić information content (AvgIpc) is 2.31. The van der Waals surface area contributed by atoms with Crippen molar-refractivity contribution in [1.29, 1.82) is 0 Å². The van der Waals surface area contributed by atoms with Crippen molar-refractivity contribution in [3.63, 3.8) is 0 Å². The summed E-state index contributed by atoms with van der Waals surface area (Å²) in [5, 5.41) is 0.862. The minimum atomic E-state index is 0.0773. The largest absolute Gasteiger partial charge is 0.332 e. The molecule has 1 atom stereocenters. The van der Waals surface area contributed by atoms with E-state index in [1.54, 1.807) is 9.80 Å². The monoisotopic (exact) mass is 318 g/mol. The highest BCUT2D eigenvalue weighted by Gasteiger charge is 2.30. The Morgan fingerprint density at radius 2 is 1.72 bits per heavy atom. The molecule has 0 saturated carbocycles. The van der Waals surface area contributed by atoms with E-state index < -0.39 is 0 Å². The van der Waals surface area contributed by atoms with Gasteiger partial charge in [-0.1, -0.05) is 36.7 Å². The van der Waals surface area contributed by atoms with Crippen molar-refractivity contribution >= 4 is 27.7 Å². The van der Waals surface area contributed by atoms with Crippen molar-refractivity contribution in [2.24, 2.45) is 11.8 Å². The zero-order valence-corrected chi connectivity index (χ0v) is 13.1. The van der Waals surface area contributed by atoms with E-state index in [9.17, 15) is 9.59 Å². The standard InChI is InChI=1S/C13H23BrN2O2/c1-4-5-15-8-13(18)16(9-12(15)17)7-11(6-14)10(2)3/h10-11H,4-9H2,1-3H3. The van der Waals surface area contributed by atoms with Crippen LogP contribution in [-0.4, -0.2) is 53.1 Å². The van der Waals surface area contributed by atoms with Crippen LogP contribution in [0.4, 0.5) is 0 Å². The number of rotatable bonds is 6. The van der Waals surface area contributed by atoms with Crippen LogP contribution in [0.15, 0.2) is 0 Å². The van der Waals surface area contributed by atoms with Crippen LogP contribution in [0.3, 0.4) is 0 Å². The maximum absolute atomic E-state index is 12.0. The van der Waals surface area contributed by atoms with Crippen molar-refractivity contribution < 1.29 is 9.59 Å². The van der Waals surface area contributed by atoms with Gasteiger partial charge in [-0.15, -0.1) is 0 Å². The van der Waals surface area contributed by atoms with Gasteiger partial charge in [0.15, 0.2) is 0 Å².